The maximum Gasteiger partial charge on any atom is 0.410 e. The number of benzene rings is 1. The Kier molecular flexibility index (Phi) is 6.22. The van der Waals surface area contributed by atoms with Crippen molar-refractivity contribution in [3.8, 4) is 0 Å². The quantitative estimate of drug-likeness (QED) is 0.867. The molecule has 1 unspecified atom stereocenters. The van der Waals surface area contributed by atoms with E-state index < -0.39 is 5.60 Å². The summed E-state index contributed by atoms with van der Waals surface area (Å²) in [7, 11) is 0. The second-order valence-electron chi connectivity index (χ2n) is 6.90. The van der Waals surface area contributed by atoms with E-state index in [1.54, 1.807) is 4.90 Å². The van der Waals surface area contributed by atoms with E-state index in [9.17, 15) is 4.79 Å². The van der Waals surface area contributed by atoms with Gasteiger partial charge in [0.25, 0.3) is 0 Å². The average molecular weight is 337 g/mol. The van der Waals surface area contributed by atoms with Gasteiger partial charge < -0.3 is 15.0 Å². The number of amides is 1. The maximum absolute atomic E-state index is 12.2. The first-order chi connectivity index (χ1) is 10.9. The summed E-state index contributed by atoms with van der Waals surface area (Å²) in [5.74, 6) is 2.41. The van der Waals surface area contributed by atoms with E-state index in [1.165, 1.54) is 17.9 Å². The Labute approximate surface area is 144 Å². The molecule has 0 aromatic heterocycles. The van der Waals surface area contributed by atoms with Crippen molar-refractivity contribution in [2.75, 3.05) is 23.4 Å². The molecule has 1 saturated heterocycles. The van der Waals surface area contributed by atoms with Crippen molar-refractivity contribution in [1.29, 1.82) is 0 Å². The van der Waals surface area contributed by atoms with Crippen molar-refractivity contribution in [3.05, 3.63) is 29.8 Å². The smallest absolute Gasteiger partial charge is 0.410 e. The van der Waals surface area contributed by atoms with E-state index in [1.807, 2.05) is 45.5 Å². The molecule has 1 aromatic carbocycles. The molecule has 1 N–H and O–H groups in total. The van der Waals surface area contributed by atoms with Gasteiger partial charge in [-0.3, -0.25) is 0 Å². The molecule has 1 amide bonds. The Hall–Kier alpha value is -1.36. The molecule has 1 aliphatic heterocycles. The molecule has 1 heterocycles. The molecule has 0 aliphatic carbocycles. The summed E-state index contributed by atoms with van der Waals surface area (Å²) in [6.07, 6.45) is 0.957. The van der Waals surface area contributed by atoms with E-state index in [2.05, 4.69) is 23.5 Å². The second kappa shape index (κ2) is 7.95. The van der Waals surface area contributed by atoms with Crippen molar-refractivity contribution >= 4 is 23.5 Å². The highest BCUT2D eigenvalue weighted by Crippen LogP contribution is 2.22. The first-order valence-corrected chi connectivity index (χ1v) is 9.44. The van der Waals surface area contributed by atoms with Gasteiger partial charge in [-0.15, -0.1) is 0 Å². The summed E-state index contributed by atoms with van der Waals surface area (Å²) in [6.45, 7) is 8.85. The SMILES string of the molecule is CCN(Cc1cccc(NC2CCSC2)c1)C(=O)OC(C)(C)C. The summed E-state index contributed by atoms with van der Waals surface area (Å²) < 4.78 is 5.47. The zero-order valence-corrected chi connectivity index (χ0v) is 15.4. The van der Waals surface area contributed by atoms with Gasteiger partial charge >= 0.3 is 6.09 Å². The van der Waals surface area contributed by atoms with Crippen molar-refractivity contribution in [1.82, 2.24) is 4.90 Å². The number of hydrogen-bond acceptors (Lipinski definition) is 4. The van der Waals surface area contributed by atoms with Crippen molar-refractivity contribution in [2.45, 2.75) is 52.3 Å². The van der Waals surface area contributed by atoms with Gasteiger partial charge in [0.05, 0.1) is 0 Å². The number of carbonyl (C=O) groups is 1. The van der Waals surface area contributed by atoms with Crippen LogP contribution in [-0.4, -0.2) is 40.7 Å². The summed E-state index contributed by atoms with van der Waals surface area (Å²) in [4.78, 5) is 14.0. The van der Waals surface area contributed by atoms with E-state index in [4.69, 9.17) is 4.74 Å². The zero-order chi connectivity index (χ0) is 16.9. The molecule has 128 valence electrons. The van der Waals surface area contributed by atoms with Crippen molar-refractivity contribution in [2.24, 2.45) is 0 Å². The van der Waals surface area contributed by atoms with E-state index in [0.717, 1.165) is 11.3 Å². The lowest BCUT2D eigenvalue weighted by Crippen LogP contribution is -2.36. The Morgan fingerprint density at radius 2 is 2.22 bits per heavy atom. The fraction of sp³-hybridized carbons (Fsp3) is 0.611. The zero-order valence-electron chi connectivity index (χ0n) is 14.6. The van der Waals surface area contributed by atoms with Crippen LogP contribution >= 0.6 is 11.8 Å². The highest BCUT2D eigenvalue weighted by molar-refractivity contribution is 7.99. The van der Waals surface area contributed by atoms with Crippen LogP contribution in [0.25, 0.3) is 0 Å². The molecule has 1 aliphatic rings. The fourth-order valence-corrected chi connectivity index (χ4v) is 3.65. The molecule has 23 heavy (non-hydrogen) atoms. The number of anilines is 1. The summed E-state index contributed by atoms with van der Waals surface area (Å²) >= 11 is 2.00. The lowest BCUT2D eigenvalue weighted by Gasteiger charge is -2.26. The van der Waals surface area contributed by atoms with Gasteiger partial charge in [-0.2, -0.15) is 11.8 Å². The maximum atomic E-state index is 12.2. The molecule has 0 saturated carbocycles. The van der Waals surface area contributed by atoms with Crippen LogP contribution in [0.2, 0.25) is 0 Å². The minimum Gasteiger partial charge on any atom is -0.444 e. The van der Waals surface area contributed by atoms with Gasteiger partial charge in [-0.1, -0.05) is 12.1 Å². The lowest BCUT2D eigenvalue weighted by atomic mass is 10.1. The molecule has 1 fully saturated rings. The number of nitrogens with zero attached hydrogens (tertiary/aromatic N) is 1. The third-order valence-corrected chi connectivity index (χ3v) is 4.80. The predicted molar refractivity (Wildman–Crippen MR) is 98.1 cm³/mol. The number of rotatable bonds is 5. The van der Waals surface area contributed by atoms with E-state index >= 15 is 0 Å². The summed E-state index contributed by atoms with van der Waals surface area (Å²) in [6, 6.07) is 8.89. The Morgan fingerprint density at radius 1 is 1.43 bits per heavy atom. The fourth-order valence-electron chi connectivity index (χ4n) is 2.50. The highest BCUT2D eigenvalue weighted by atomic mass is 32.2. The molecular formula is C18H28N2O2S. The Morgan fingerprint density at radius 3 is 2.83 bits per heavy atom. The van der Waals surface area contributed by atoms with Crippen LogP contribution in [0, 0.1) is 0 Å². The van der Waals surface area contributed by atoms with Crippen LogP contribution in [-0.2, 0) is 11.3 Å². The van der Waals surface area contributed by atoms with Gasteiger partial charge in [0.15, 0.2) is 0 Å². The van der Waals surface area contributed by atoms with Gasteiger partial charge in [0, 0.05) is 30.6 Å². The van der Waals surface area contributed by atoms with Crippen molar-refractivity contribution < 1.29 is 9.53 Å². The Balaban J connectivity index is 1.98. The predicted octanol–water partition coefficient (Wildman–Crippen LogP) is 4.36. The standard InChI is InChI=1S/C18H28N2O2S/c1-5-20(17(21)22-18(2,3)4)12-14-7-6-8-15(11-14)19-16-9-10-23-13-16/h6-8,11,16,19H,5,9-10,12-13H2,1-4H3. The third kappa shape index (κ3) is 5.98. The molecule has 4 nitrogen and oxygen atoms in total. The van der Waals surface area contributed by atoms with E-state index in [-0.39, 0.29) is 6.09 Å². The number of thioether (sulfide) groups is 1. The minimum atomic E-state index is -0.464. The van der Waals surface area contributed by atoms with Crippen LogP contribution in [0.15, 0.2) is 24.3 Å². The van der Waals surface area contributed by atoms with Gasteiger partial charge in [-0.05, 0) is 57.6 Å². The largest absolute Gasteiger partial charge is 0.444 e. The summed E-state index contributed by atoms with van der Waals surface area (Å²) in [5, 5.41) is 3.58. The Bertz CT molecular complexity index is 522. The third-order valence-electron chi connectivity index (χ3n) is 3.63. The second-order valence-corrected chi connectivity index (χ2v) is 8.05. The van der Waals surface area contributed by atoms with Gasteiger partial charge in [0.1, 0.15) is 5.60 Å². The number of carbonyl (C=O) groups excluding carboxylic acids is 1. The van der Waals surface area contributed by atoms with Crippen LogP contribution < -0.4 is 5.32 Å². The normalized spacial score (nSPS) is 17.8. The molecule has 2 rings (SSSR count). The molecule has 0 spiro atoms. The molecule has 0 radical (unpaired) electrons. The summed E-state index contributed by atoms with van der Waals surface area (Å²) in [5.41, 5.74) is 1.79. The minimum absolute atomic E-state index is 0.259. The van der Waals surface area contributed by atoms with Gasteiger partial charge in [-0.25, -0.2) is 4.79 Å². The molecule has 5 heteroatoms. The molecule has 1 atom stereocenters. The van der Waals surface area contributed by atoms with Crippen LogP contribution in [0.4, 0.5) is 10.5 Å². The highest BCUT2D eigenvalue weighted by Gasteiger charge is 2.21. The van der Waals surface area contributed by atoms with Crippen LogP contribution in [0.3, 0.4) is 0 Å². The number of hydrogen-bond donors (Lipinski definition) is 1. The van der Waals surface area contributed by atoms with Crippen molar-refractivity contribution in [3.63, 3.8) is 0 Å². The molecule has 0 bridgehead atoms. The number of nitrogens with one attached hydrogen (secondary N) is 1. The number of ether oxygens (including phenoxy) is 1. The van der Waals surface area contributed by atoms with Gasteiger partial charge in [0.2, 0.25) is 0 Å². The van der Waals surface area contributed by atoms with E-state index in [0.29, 0.717) is 19.1 Å². The first kappa shape index (κ1) is 18.0. The monoisotopic (exact) mass is 336 g/mol. The van der Waals surface area contributed by atoms with Crippen LogP contribution in [0.1, 0.15) is 39.7 Å². The topological polar surface area (TPSA) is 41.6 Å². The lowest BCUT2D eigenvalue weighted by molar-refractivity contribution is 0.0244. The van der Waals surface area contributed by atoms with Crippen LogP contribution in [0.5, 0.6) is 0 Å². The molecular weight excluding hydrogens is 308 g/mol. The first-order valence-electron chi connectivity index (χ1n) is 8.28. The molecule has 1 aromatic rings. The average Bonchev–Trinajstić information content (AvgIpc) is 2.96.